The van der Waals surface area contributed by atoms with E-state index >= 15 is 0 Å². The summed E-state index contributed by atoms with van der Waals surface area (Å²) < 4.78 is 56.8. The smallest absolute Gasteiger partial charge is 0.378 e. The standard InChI is InChI=1S/C14H17F4NO/c1-13(2)9-20-4-3-19(13)8-10-5-11(14(16,17)18)7-12(15)6-10/h5-7H,3-4,8-9H2,1-2H3. The molecule has 0 saturated carbocycles. The Labute approximate surface area is 115 Å². The first-order valence-corrected chi connectivity index (χ1v) is 6.38. The summed E-state index contributed by atoms with van der Waals surface area (Å²) in [4.78, 5) is 2.01. The summed E-state index contributed by atoms with van der Waals surface area (Å²) in [6.07, 6.45) is -4.53. The number of alkyl halides is 3. The molecule has 0 bridgehead atoms. The molecule has 0 aliphatic carbocycles. The van der Waals surface area contributed by atoms with Gasteiger partial charge in [-0.05, 0) is 37.6 Å². The van der Waals surface area contributed by atoms with E-state index in [-0.39, 0.29) is 12.1 Å². The van der Waals surface area contributed by atoms with Crippen molar-refractivity contribution in [2.45, 2.75) is 32.1 Å². The van der Waals surface area contributed by atoms with Crippen LogP contribution in [0.15, 0.2) is 18.2 Å². The normalized spacial score (nSPS) is 20.1. The van der Waals surface area contributed by atoms with Gasteiger partial charge in [0.15, 0.2) is 0 Å². The van der Waals surface area contributed by atoms with Crippen LogP contribution in [0.1, 0.15) is 25.0 Å². The van der Waals surface area contributed by atoms with E-state index in [4.69, 9.17) is 4.74 Å². The summed E-state index contributed by atoms with van der Waals surface area (Å²) in [5.74, 6) is -0.860. The molecule has 0 unspecified atom stereocenters. The second kappa shape index (κ2) is 5.33. The highest BCUT2D eigenvalue weighted by Gasteiger charge is 2.33. The Bertz CT molecular complexity index is 485. The predicted molar refractivity (Wildman–Crippen MR) is 66.7 cm³/mol. The van der Waals surface area contributed by atoms with Gasteiger partial charge in [-0.15, -0.1) is 0 Å². The van der Waals surface area contributed by atoms with Gasteiger partial charge < -0.3 is 4.74 Å². The zero-order valence-corrected chi connectivity index (χ0v) is 11.4. The third-order valence-electron chi connectivity index (χ3n) is 3.48. The fourth-order valence-corrected chi connectivity index (χ4v) is 2.31. The van der Waals surface area contributed by atoms with E-state index in [1.165, 1.54) is 0 Å². The van der Waals surface area contributed by atoms with E-state index in [0.717, 1.165) is 12.1 Å². The lowest BCUT2D eigenvalue weighted by Crippen LogP contribution is -2.52. The molecule has 6 heteroatoms. The molecule has 0 aromatic heterocycles. The lowest BCUT2D eigenvalue weighted by atomic mass is 10.0. The van der Waals surface area contributed by atoms with E-state index in [1.807, 2.05) is 18.7 Å². The average Bonchev–Trinajstić information content (AvgIpc) is 2.30. The van der Waals surface area contributed by atoms with Gasteiger partial charge in [-0.25, -0.2) is 4.39 Å². The van der Waals surface area contributed by atoms with E-state index < -0.39 is 17.6 Å². The molecule has 1 aromatic rings. The van der Waals surface area contributed by atoms with Crippen LogP contribution in [0, 0.1) is 5.82 Å². The zero-order chi connectivity index (χ0) is 15.0. The highest BCUT2D eigenvalue weighted by Crippen LogP contribution is 2.31. The lowest BCUT2D eigenvalue weighted by molar-refractivity contribution is -0.137. The van der Waals surface area contributed by atoms with Gasteiger partial charge in [0, 0.05) is 18.6 Å². The molecule has 20 heavy (non-hydrogen) atoms. The number of rotatable bonds is 2. The van der Waals surface area contributed by atoms with Gasteiger partial charge in [-0.1, -0.05) is 0 Å². The maximum Gasteiger partial charge on any atom is 0.416 e. The Morgan fingerprint density at radius 3 is 2.55 bits per heavy atom. The summed E-state index contributed by atoms with van der Waals surface area (Å²) in [5, 5.41) is 0. The number of ether oxygens (including phenoxy) is 1. The summed E-state index contributed by atoms with van der Waals surface area (Å²) in [6, 6.07) is 2.68. The number of halogens is 4. The van der Waals surface area contributed by atoms with E-state index in [1.54, 1.807) is 0 Å². The van der Waals surface area contributed by atoms with Crippen LogP contribution in [0.5, 0.6) is 0 Å². The molecule has 0 amide bonds. The van der Waals surface area contributed by atoms with Crippen molar-refractivity contribution in [2.24, 2.45) is 0 Å². The summed E-state index contributed by atoms with van der Waals surface area (Å²) >= 11 is 0. The fraction of sp³-hybridized carbons (Fsp3) is 0.571. The zero-order valence-electron chi connectivity index (χ0n) is 11.4. The Morgan fingerprint density at radius 1 is 1.25 bits per heavy atom. The maximum atomic E-state index is 13.4. The van der Waals surface area contributed by atoms with Crippen molar-refractivity contribution in [3.63, 3.8) is 0 Å². The number of morpholine rings is 1. The van der Waals surface area contributed by atoms with Crippen molar-refractivity contribution in [1.29, 1.82) is 0 Å². The minimum Gasteiger partial charge on any atom is -0.378 e. The molecule has 1 heterocycles. The third kappa shape index (κ3) is 3.49. The molecule has 1 aromatic carbocycles. The van der Waals surface area contributed by atoms with Crippen molar-refractivity contribution in [1.82, 2.24) is 4.90 Å². The second-order valence-corrected chi connectivity index (χ2v) is 5.63. The van der Waals surface area contributed by atoms with Gasteiger partial charge in [0.2, 0.25) is 0 Å². The molecule has 2 nitrogen and oxygen atoms in total. The fourth-order valence-electron chi connectivity index (χ4n) is 2.31. The topological polar surface area (TPSA) is 12.5 Å². The molecule has 1 fully saturated rings. The summed E-state index contributed by atoms with van der Waals surface area (Å²) in [6.45, 7) is 5.84. The van der Waals surface area contributed by atoms with Crippen molar-refractivity contribution < 1.29 is 22.3 Å². The average molecular weight is 291 g/mol. The van der Waals surface area contributed by atoms with Gasteiger partial charge >= 0.3 is 6.18 Å². The second-order valence-electron chi connectivity index (χ2n) is 5.63. The van der Waals surface area contributed by atoms with Gasteiger partial charge in [0.25, 0.3) is 0 Å². The van der Waals surface area contributed by atoms with Crippen LogP contribution in [0.4, 0.5) is 17.6 Å². The Kier molecular flexibility index (Phi) is 4.07. The van der Waals surface area contributed by atoms with Crippen LogP contribution in [0.25, 0.3) is 0 Å². The number of nitrogens with zero attached hydrogens (tertiary/aromatic N) is 1. The third-order valence-corrected chi connectivity index (χ3v) is 3.48. The molecule has 112 valence electrons. The Hall–Kier alpha value is -1.14. The highest BCUT2D eigenvalue weighted by atomic mass is 19.4. The van der Waals surface area contributed by atoms with Crippen molar-refractivity contribution in [3.8, 4) is 0 Å². The number of benzene rings is 1. The lowest BCUT2D eigenvalue weighted by Gasteiger charge is -2.42. The molecular weight excluding hydrogens is 274 g/mol. The maximum absolute atomic E-state index is 13.4. The summed E-state index contributed by atoms with van der Waals surface area (Å²) in [7, 11) is 0. The van der Waals surface area contributed by atoms with Crippen molar-refractivity contribution in [3.05, 3.63) is 35.1 Å². The van der Waals surface area contributed by atoms with Crippen molar-refractivity contribution in [2.75, 3.05) is 19.8 Å². The molecule has 1 aliphatic heterocycles. The first-order valence-electron chi connectivity index (χ1n) is 6.38. The molecule has 1 saturated heterocycles. The highest BCUT2D eigenvalue weighted by molar-refractivity contribution is 5.27. The van der Waals surface area contributed by atoms with Gasteiger partial charge in [0.1, 0.15) is 5.82 Å². The van der Waals surface area contributed by atoms with Gasteiger partial charge in [0.05, 0.1) is 18.8 Å². The summed E-state index contributed by atoms with van der Waals surface area (Å²) in [5.41, 5.74) is -0.894. The Morgan fingerprint density at radius 2 is 1.95 bits per heavy atom. The van der Waals surface area contributed by atoms with Crippen LogP contribution in [0.3, 0.4) is 0 Å². The largest absolute Gasteiger partial charge is 0.416 e. The first-order chi connectivity index (χ1) is 9.18. The molecule has 0 spiro atoms. The minimum atomic E-state index is -4.53. The Balaban J connectivity index is 2.23. The van der Waals surface area contributed by atoms with Gasteiger partial charge in [-0.2, -0.15) is 13.2 Å². The molecule has 0 atom stereocenters. The van der Waals surface area contributed by atoms with Crippen LogP contribution in [-0.4, -0.2) is 30.2 Å². The number of hydrogen-bond donors (Lipinski definition) is 0. The predicted octanol–water partition coefficient (Wildman–Crippen LogP) is 3.46. The number of hydrogen-bond acceptors (Lipinski definition) is 2. The first kappa shape index (κ1) is 15.3. The quantitative estimate of drug-likeness (QED) is 0.774. The minimum absolute atomic E-state index is 0.275. The van der Waals surface area contributed by atoms with E-state index in [9.17, 15) is 17.6 Å². The molecular formula is C14H17F4NO. The monoisotopic (exact) mass is 291 g/mol. The van der Waals surface area contributed by atoms with Crippen LogP contribution < -0.4 is 0 Å². The SMILES string of the molecule is CC1(C)COCCN1Cc1cc(F)cc(C(F)(F)F)c1. The van der Waals surface area contributed by atoms with Crippen molar-refractivity contribution >= 4 is 0 Å². The molecule has 0 radical (unpaired) electrons. The van der Waals surface area contributed by atoms with Crippen LogP contribution >= 0.6 is 0 Å². The van der Waals surface area contributed by atoms with E-state index in [2.05, 4.69) is 0 Å². The molecule has 2 rings (SSSR count). The van der Waals surface area contributed by atoms with Gasteiger partial charge in [-0.3, -0.25) is 4.90 Å². The molecule has 0 N–H and O–H groups in total. The molecule has 1 aliphatic rings. The van der Waals surface area contributed by atoms with Crippen LogP contribution in [0.2, 0.25) is 0 Å². The van der Waals surface area contributed by atoms with Crippen LogP contribution in [-0.2, 0) is 17.5 Å². The van der Waals surface area contributed by atoms with E-state index in [0.29, 0.717) is 31.4 Å².